The summed E-state index contributed by atoms with van der Waals surface area (Å²) in [5, 5.41) is 2.78. The summed E-state index contributed by atoms with van der Waals surface area (Å²) in [7, 11) is 0. The van der Waals surface area contributed by atoms with E-state index in [9.17, 15) is 9.18 Å². The van der Waals surface area contributed by atoms with Gasteiger partial charge in [0.2, 0.25) is 0 Å². The Labute approximate surface area is 167 Å². The van der Waals surface area contributed by atoms with Crippen molar-refractivity contribution >= 4 is 5.91 Å². The molecule has 0 aliphatic heterocycles. The van der Waals surface area contributed by atoms with Gasteiger partial charge in [0.05, 0.1) is 17.0 Å². The molecule has 2 N–H and O–H groups in total. The van der Waals surface area contributed by atoms with Crippen molar-refractivity contribution in [1.29, 1.82) is 0 Å². The van der Waals surface area contributed by atoms with Crippen LogP contribution in [0.4, 0.5) is 4.39 Å². The highest BCUT2D eigenvalue weighted by Gasteiger charge is 2.15. The summed E-state index contributed by atoms with van der Waals surface area (Å²) in [5.41, 5.74) is 3.32. The molecule has 6 heteroatoms. The lowest BCUT2D eigenvalue weighted by Gasteiger charge is -2.17. The summed E-state index contributed by atoms with van der Waals surface area (Å²) in [6.45, 7) is 1.82. The molecule has 0 fully saturated rings. The number of nitrogens with one attached hydrogen (secondary N) is 2. The van der Waals surface area contributed by atoms with Gasteiger partial charge >= 0.3 is 0 Å². The molecule has 0 saturated heterocycles. The fourth-order valence-corrected chi connectivity index (χ4v) is 3.10. The zero-order chi connectivity index (χ0) is 20.2. The summed E-state index contributed by atoms with van der Waals surface area (Å²) in [6, 6.07) is 12.0. The minimum Gasteiger partial charge on any atom is -0.462 e. The molecule has 146 valence electrons. The SMILES string of the molecule is Cc1ccc(F)c(C(=O)NC2=CC=C(Oc3ccnc(-c4ccc[nH]4)c3)CC2)c1. The van der Waals surface area contributed by atoms with E-state index in [1.54, 1.807) is 30.5 Å². The van der Waals surface area contributed by atoms with Gasteiger partial charge < -0.3 is 15.0 Å². The van der Waals surface area contributed by atoms with Gasteiger partial charge in [-0.1, -0.05) is 11.6 Å². The van der Waals surface area contributed by atoms with Gasteiger partial charge in [-0.05, 0) is 55.8 Å². The zero-order valence-corrected chi connectivity index (χ0v) is 15.9. The van der Waals surface area contributed by atoms with Crippen molar-refractivity contribution in [2.75, 3.05) is 0 Å². The first-order chi connectivity index (χ1) is 14.1. The Balaban J connectivity index is 1.43. The molecule has 2 aromatic heterocycles. The average molecular weight is 389 g/mol. The number of amides is 1. The van der Waals surface area contributed by atoms with E-state index in [1.807, 2.05) is 37.4 Å². The number of nitrogens with zero attached hydrogens (tertiary/aromatic N) is 1. The quantitative estimate of drug-likeness (QED) is 0.653. The molecule has 1 aliphatic rings. The molecule has 4 rings (SSSR count). The van der Waals surface area contributed by atoms with Gasteiger partial charge in [-0.25, -0.2) is 4.39 Å². The van der Waals surface area contributed by atoms with Crippen molar-refractivity contribution in [1.82, 2.24) is 15.3 Å². The Bertz CT molecular complexity index is 1100. The number of carbonyl (C=O) groups is 1. The predicted octanol–water partition coefficient (Wildman–Crippen LogP) is 4.89. The third-order valence-electron chi connectivity index (χ3n) is 4.61. The molecule has 1 aromatic carbocycles. The molecule has 0 unspecified atom stereocenters. The number of ether oxygens (including phenoxy) is 1. The highest BCUT2D eigenvalue weighted by Crippen LogP contribution is 2.25. The molecule has 5 nitrogen and oxygen atoms in total. The number of halogens is 1. The third-order valence-corrected chi connectivity index (χ3v) is 4.61. The number of hydrogen-bond donors (Lipinski definition) is 2. The lowest BCUT2D eigenvalue weighted by Crippen LogP contribution is -2.25. The van der Waals surface area contributed by atoms with Crippen molar-refractivity contribution in [2.45, 2.75) is 19.8 Å². The van der Waals surface area contributed by atoms with E-state index in [2.05, 4.69) is 15.3 Å². The molecule has 29 heavy (non-hydrogen) atoms. The lowest BCUT2D eigenvalue weighted by atomic mass is 10.1. The van der Waals surface area contributed by atoms with Crippen LogP contribution in [0.5, 0.6) is 5.75 Å². The number of carbonyl (C=O) groups excluding carboxylic acids is 1. The molecule has 1 amide bonds. The average Bonchev–Trinajstić information content (AvgIpc) is 3.26. The van der Waals surface area contributed by atoms with E-state index >= 15 is 0 Å². The molecular weight excluding hydrogens is 369 g/mol. The van der Waals surface area contributed by atoms with Crippen molar-refractivity contribution in [3.05, 3.63) is 95.4 Å². The fourth-order valence-electron chi connectivity index (χ4n) is 3.10. The van der Waals surface area contributed by atoms with Crippen LogP contribution in [0.2, 0.25) is 0 Å². The van der Waals surface area contributed by atoms with Gasteiger partial charge in [-0.15, -0.1) is 0 Å². The number of H-pyrrole nitrogens is 1. The highest BCUT2D eigenvalue weighted by molar-refractivity contribution is 5.95. The molecule has 0 atom stereocenters. The van der Waals surface area contributed by atoms with Gasteiger partial charge in [0.1, 0.15) is 17.3 Å². The van der Waals surface area contributed by atoms with Gasteiger partial charge in [-0.3, -0.25) is 9.78 Å². The van der Waals surface area contributed by atoms with Crippen LogP contribution < -0.4 is 10.1 Å². The molecule has 0 saturated carbocycles. The van der Waals surface area contributed by atoms with E-state index in [-0.39, 0.29) is 5.56 Å². The minimum atomic E-state index is -0.528. The second-order valence-electron chi connectivity index (χ2n) is 6.82. The normalized spacial score (nSPS) is 13.4. The van der Waals surface area contributed by atoms with Crippen LogP contribution in [-0.4, -0.2) is 15.9 Å². The van der Waals surface area contributed by atoms with Crippen LogP contribution in [-0.2, 0) is 0 Å². The van der Waals surface area contributed by atoms with Crippen molar-refractivity contribution in [3.8, 4) is 17.1 Å². The van der Waals surface area contributed by atoms with Gasteiger partial charge in [-0.2, -0.15) is 0 Å². The number of allylic oxidation sites excluding steroid dienone is 4. The topological polar surface area (TPSA) is 67.0 Å². The maximum absolute atomic E-state index is 13.9. The maximum Gasteiger partial charge on any atom is 0.258 e. The number of aromatic amines is 1. The summed E-state index contributed by atoms with van der Waals surface area (Å²) in [6.07, 6.45) is 8.38. The molecule has 0 radical (unpaired) electrons. The van der Waals surface area contributed by atoms with Gasteiger partial charge in [0, 0.05) is 30.6 Å². The van der Waals surface area contributed by atoms with E-state index < -0.39 is 11.7 Å². The van der Waals surface area contributed by atoms with Crippen molar-refractivity contribution < 1.29 is 13.9 Å². The first kappa shape index (κ1) is 18.7. The van der Waals surface area contributed by atoms with Crippen LogP contribution in [0, 0.1) is 12.7 Å². The van der Waals surface area contributed by atoms with Crippen LogP contribution in [0.3, 0.4) is 0 Å². The number of rotatable bonds is 5. The Morgan fingerprint density at radius 1 is 1.17 bits per heavy atom. The van der Waals surface area contributed by atoms with E-state index in [0.29, 0.717) is 18.6 Å². The standard InChI is InChI=1S/C23H20FN3O2/c1-15-4-9-20(24)19(13-15)23(28)27-16-5-7-17(8-6-16)29-18-10-12-26-22(14-18)21-3-2-11-25-21/h2-5,7,9-14,25H,6,8H2,1H3,(H,27,28). The molecule has 2 heterocycles. The van der Waals surface area contributed by atoms with E-state index in [0.717, 1.165) is 28.4 Å². The molecular formula is C23H20FN3O2. The minimum absolute atomic E-state index is 0.0468. The largest absolute Gasteiger partial charge is 0.462 e. The monoisotopic (exact) mass is 389 g/mol. The molecule has 0 spiro atoms. The molecule has 0 bridgehead atoms. The van der Waals surface area contributed by atoms with Crippen molar-refractivity contribution in [2.24, 2.45) is 0 Å². The van der Waals surface area contributed by atoms with E-state index in [1.165, 1.54) is 6.07 Å². The second-order valence-corrected chi connectivity index (χ2v) is 6.82. The molecule has 1 aliphatic carbocycles. The number of aromatic nitrogens is 2. The van der Waals surface area contributed by atoms with Crippen LogP contribution in [0.25, 0.3) is 11.4 Å². The predicted molar refractivity (Wildman–Crippen MR) is 109 cm³/mol. The molecule has 3 aromatic rings. The Kier molecular flexibility index (Phi) is 5.24. The summed E-state index contributed by atoms with van der Waals surface area (Å²) in [4.78, 5) is 19.8. The lowest BCUT2D eigenvalue weighted by molar-refractivity contribution is 0.0960. The second kappa shape index (κ2) is 8.14. The van der Waals surface area contributed by atoms with E-state index in [4.69, 9.17) is 4.74 Å². The fraction of sp³-hybridized carbons (Fsp3) is 0.130. The Morgan fingerprint density at radius 3 is 2.83 bits per heavy atom. The van der Waals surface area contributed by atoms with Gasteiger partial charge in [0.15, 0.2) is 0 Å². The zero-order valence-electron chi connectivity index (χ0n) is 15.9. The third kappa shape index (κ3) is 4.43. The van der Waals surface area contributed by atoms with Crippen LogP contribution in [0.15, 0.2) is 78.5 Å². The number of benzene rings is 1. The van der Waals surface area contributed by atoms with Crippen molar-refractivity contribution in [3.63, 3.8) is 0 Å². The highest BCUT2D eigenvalue weighted by atomic mass is 19.1. The summed E-state index contributed by atoms with van der Waals surface area (Å²) >= 11 is 0. The first-order valence-electron chi connectivity index (χ1n) is 9.33. The Hall–Kier alpha value is -3.67. The maximum atomic E-state index is 13.9. The smallest absolute Gasteiger partial charge is 0.258 e. The van der Waals surface area contributed by atoms with Crippen LogP contribution >= 0.6 is 0 Å². The Morgan fingerprint density at radius 2 is 2.07 bits per heavy atom. The number of hydrogen-bond acceptors (Lipinski definition) is 3. The first-order valence-corrected chi connectivity index (χ1v) is 9.33. The van der Waals surface area contributed by atoms with Crippen LogP contribution in [0.1, 0.15) is 28.8 Å². The number of pyridine rings is 1. The van der Waals surface area contributed by atoms with Gasteiger partial charge in [0.25, 0.3) is 5.91 Å². The number of aryl methyl sites for hydroxylation is 1. The summed E-state index contributed by atoms with van der Waals surface area (Å²) < 4.78 is 19.9. The summed E-state index contributed by atoms with van der Waals surface area (Å²) in [5.74, 6) is 0.506.